The number of rotatable bonds is 3. The number of piperidine rings is 1. The summed E-state index contributed by atoms with van der Waals surface area (Å²) >= 11 is 0. The number of hydrogen-bond donors (Lipinski definition) is 1. The van der Waals surface area contributed by atoms with E-state index < -0.39 is 0 Å². The molecule has 0 aliphatic carbocycles. The Kier molecular flexibility index (Phi) is 3.83. The fraction of sp³-hybridized carbons (Fsp3) is 0.571. The van der Waals surface area contributed by atoms with Crippen LogP contribution in [-0.4, -0.2) is 25.7 Å². The van der Waals surface area contributed by atoms with Gasteiger partial charge in [-0.15, -0.1) is 0 Å². The molecule has 16 heavy (non-hydrogen) atoms. The fourth-order valence-corrected chi connectivity index (χ4v) is 2.46. The standard InChI is InChI=1S/C14H22N2/c1-3-15-13-7-9-16(10-8-13)14-6-4-5-12(2)11-14/h4-6,11,13,15H,3,7-10H2,1-2H3. The maximum atomic E-state index is 3.54. The molecule has 0 bridgehead atoms. The largest absolute Gasteiger partial charge is 0.371 e. The van der Waals surface area contributed by atoms with Crippen molar-refractivity contribution in [1.29, 1.82) is 0 Å². The summed E-state index contributed by atoms with van der Waals surface area (Å²) in [4.78, 5) is 2.50. The Balaban J connectivity index is 1.94. The van der Waals surface area contributed by atoms with E-state index in [4.69, 9.17) is 0 Å². The number of nitrogens with zero attached hydrogens (tertiary/aromatic N) is 1. The Hall–Kier alpha value is -1.02. The van der Waals surface area contributed by atoms with E-state index >= 15 is 0 Å². The molecule has 2 heteroatoms. The van der Waals surface area contributed by atoms with Crippen molar-refractivity contribution >= 4 is 5.69 Å². The molecular weight excluding hydrogens is 196 g/mol. The Morgan fingerprint density at radius 1 is 1.31 bits per heavy atom. The third-order valence-corrected chi connectivity index (χ3v) is 3.35. The van der Waals surface area contributed by atoms with Crippen molar-refractivity contribution in [3.05, 3.63) is 29.8 Å². The Labute approximate surface area is 98.7 Å². The summed E-state index contributed by atoms with van der Waals surface area (Å²) in [5, 5.41) is 3.54. The highest BCUT2D eigenvalue weighted by atomic mass is 15.1. The van der Waals surface area contributed by atoms with E-state index in [1.807, 2.05) is 0 Å². The number of benzene rings is 1. The van der Waals surface area contributed by atoms with Crippen molar-refractivity contribution in [3.8, 4) is 0 Å². The van der Waals surface area contributed by atoms with Gasteiger partial charge in [-0.2, -0.15) is 0 Å². The monoisotopic (exact) mass is 218 g/mol. The summed E-state index contributed by atoms with van der Waals surface area (Å²) < 4.78 is 0. The van der Waals surface area contributed by atoms with Crippen LogP contribution < -0.4 is 10.2 Å². The molecule has 1 aliphatic heterocycles. The van der Waals surface area contributed by atoms with Crippen LogP contribution >= 0.6 is 0 Å². The van der Waals surface area contributed by atoms with Gasteiger partial charge in [-0.3, -0.25) is 0 Å². The molecule has 88 valence electrons. The van der Waals surface area contributed by atoms with E-state index in [0.717, 1.165) is 12.6 Å². The van der Waals surface area contributed by atoms with Crippen LogP contribution in [0.5, 0.6) is 0 Å². The molecule has 1 aromatic rings. The van der Waals surface area contributed by atoms with Crippen molar-refractivity contribution in [2.24, 2.45) is 0 Å². The quantitative estimate of drug-likeness (QED) is 0.839. The molecule has 0 saturated carbocycles. The second-order valence-corrected chi connectivity index (χ2v) is 4.66. The van der Waals surface area contributed by atoms with Gasteiger partial charge in [0.25, 0.3) is 0 Å². The van der Waals surface area contributed by atoms with Crippen LogP contribution in [0, 0.1) is 6.92 Å². The Morgan fingerprint density at radius 3 is 2.69 bits per heavy atom. The average molecular weight is 218 g/mol. The first-order chi connectivity index (χ1) is 7.79. The summed E-state index contributed by atoms with van der Waals surface area (Å²) in [6.07, 6.45) is 2.53. The molecule has 0 amide bonds. The number of nitrogens with one attached hydrogen (secondary N) is 1. The highest BCUT2D eigenvalue weighted by molar-refractivity contribution is 5.48. The first kappa shape index (κ1) is 11.5. The molecule has 0 radical (unpaired) electrons. The lowest BCUT2D eigenvalue weighted by atomic mass is 10.0. The van der Waals surface area contributed by atoms with Crippen molar-refractivity contribution < 1.29 is 0 Å². The van der Waals surface area contributed by atoms with E-state index in [1.165, 1.54) is 37.2 Å². The van der Waals surface area contributed by atoms with Crippen molar-refractivity contribution in [1.82, 2.24) is 5.32 Å². The lowest BCUT2D eigenvalue weighted by molar-refractivity contribution is 0.424. The van der Waals surface area contributed by atoms with Crippen molar-refractivity contribution in [3.63, 3.8) is 0 Å². The minimum absolute atomic E-state index is 0.728. The molecular formula is C14H22N2. The molecule has 0 aromatic heterocycles. The lowest BCUT2D eigenvalue weighted by Crippen LogP contribution is -2.42. The van der Waals surface area contributed by atoms with Gasteiger partial charge < -0.3 is 10.2 Å². The van der Waals surface area contributed by atoms with Gasteiger partial charge in [0, 0.05) is 24.8 Å². The summed E-state index contributed by atoms with van der Waals surface area (Å²) in [6.45, 7) is 7.80. The third-order valence-electron chi connectivity index (χ3n) is 3.35. The predicted octanol–water partition coefficient (Wildman–Crippen LogP) is 2.57. The van der Waals surface area contributed by atoms with Crippen LogP contribution in [-0.2, 0) is 0 Å². The molecule has 0 spiro atoms. The molecule has 2 nitrogen and oxygen atoms in total. The summed E-state index contributed by atoms with van der Waals surface area (Å²) in [7, 11) is 0. The molecule has 1 fully saturated rings. The second kappa shape index (κ2) is 5.35. The van der Waals surface area contributed by atoms with E-state index in [0.29, 0.717) is 0 Å². The number of hydrogen-bond acceptors (Lipinski definition) is 2. The highest BCUT2D eigenvalue weighted by Crippen LogP contribution is 2.20. The predicted molar refractivity (Wildman–Crippen MR) is 70.1 cm³/mol. The molecule has 2 rings (SSSR count). The summed E-state index contributed by atoms with van der Waals surface area (Å²) in [5.74, 6) is 0. The number of aryl methyl sites for hydroxylation is 1. The Bertz CT molecular complexity index is 327. The normalized spacial score (nSPS) is 17.8. The zero-order valence-electron chi connectivity index (χ0n) is 10.4. The first-order valence-electron chi connectivity index (χ1n) is 6.34. The second-order valence-electron chi connectivity index (χ2n) is 4.66. The molecule has 1 aliphatic rings. The Morgan fingerprint density at radius 2 is 2.06 bits per heavy atom. The average Bonchev–Trinajstić information content (AvgIpc) is 2.30. The topological polar surface area (TPSA) is 15.3 Å². The third kappa shape index (κ3) is 2.76. The van der Waals surface area contributed by atoms with E-state index in [1.54, 1.807) is 0 Å². The van der Waals surface area contributed by atoms with Gasteiger partial charge in [-0.25, -0.2) is 0 Å². The summed E-state index contributed by atoms with van der Waals surface area (Å²) in [6, 6.07) is 9.55. The van der Waals surface area contributed by atoms with E-state index in [-0.39, 0.29) is 0 Å². The zero-order chi connectivity index (χ0) is 11.4. The molecule has 0 unspecified atom stereocenters. The first-order valence-corrected chi connectivity index (χ1v) is 6.34. The van der Waals surface area contributed by atoms with Crippen LogP contribution in [0.15, 0.2) is 24.3 Å². The maximum Gasteiger partial charge on any atom is 0.0368 e. The van der Waals surface area contributed by atoms with Gasteiger partial charge in [0.05, 0.1) is 0 Å². The van der Waals surface area contributed by atoms with Crippen LogP contribution in [0.25, 0.3) is 0 Å². The maximum absolute atomic E-state index is 3.54. The molecule has 1 heterocycles. The van der Waals surface area contributed by atoms with Crippen LogP contribution in [0.1, 0.15) is 25.3 Å². The molecule has 1 aromatic carbocycles. The minimum atomic E-state index is 0.728. The SMILES string of the molecule is CCNC1CCN(c2cccc(C)c2)CC1. The van der Waals surface area contributed by atoms with Gasteiger partial charge in [0.2, 0.25) is 0 Å². The fourth-order valence-electron chi connectivity index (χ4n) is 2.46. The van der Waals surface area contributed by atoms with E-state index in [2.05, 4.69) is 48.3 Å². The van der Waals surface area contributed by atoms with Crippen LogP contribution in [0.4, 0.5) is 5.69 Å². The van der Waals surface area contributed by atoms with Crippen molar-refractivity contribution in [2.75, 3.05) is 24.5 Å². The number of anilines is 1. The zero-order valence-corrected chi connectivity index (χ0v) is 10.4. The minimum Gasteiger partial charge on any atom is -0.371 e. The van der Waals surface area contributed by atoms with Gasteiger partial charge in [-0.05, 0) is 44.0 Å². The van der Waals surface area contributed by atoms with Crippen molar-refractivity contribution in [2.45, 2.75) is 32.7 Å². The van der Waals surface area contributed by atoms with Crippen LogP contribution in [0.2, 0.25) is 0 Å². The van der Waals surface area contributed by atoms with Gasteiger partial charge in [-0.1, -0.05) is 19.1 Å². The highest BCUT2D eigenvalue weighted by Gasteiger charge is 2.18. The van der Waals surface area contributed by atoms with Crippen LogP contribution in [0.3, 0.4) is 0 Å². The smallest absolute Gasteiger partial charge is 0.0368 e. The lowest BCUT2D eigenvalue weighted by Gasteiger charge is -2.34. The van der Waals surface area contributed by atoms with Gasteiger partial charge in [0.1, 0.15) is 0 Å². The van der Waals surface area contributed by atoms with Gasteiger partial charge in [0.15, 0.2) is 0 Å². The van der Waals surface area contributed by atoms with Gasteiger partial charge >= 0.3 is 0 Å². The molecule has 1 N–H and O–H groups in total. The van der Waals surface area contributed by atoms with E-state index in [9.17, 15) is 0 Å². The molecule has 1 saturated heterocycles. The summed E-state index contributed by atoms with van der Waals surface area (Å²) in [5.41, 5.74) is 2.74. The molecule has 0 atom stereocenters.